The van der Waals surface area contributed by atoms with Crippen LogP contribution in [0.1, 0.15) is 56.9 Å². The summed E-state index contributed by atoms with van der Waals surface area (Å²) in [5, 5.41) is 19.6. The molecule has 0 amide bonds. The van der Waals surface area contributed by atoms with Gasteiger partial charge in [0.2, 0.25) is 0 Å². The van der Waals surface area contributed by atoms with Crippen LogP contribution < -0.4 is 0 Å². The van der Waals surface area contributed by atoms with E-state index in [0.29, 0.717) is 17.2 Å². The monoisotopic (exact) mass is 420 g/mol. The third-order valence-corrected chi connectivity index (χ3v) is 7.49. The molecule has 152 valence electrons. The number of aromatic carboxylic acids is 1. The largest absolute Gasteiger partial charge is 0.477 e. The maximum atomic E-state index is 11.0. The van der Waals surface area contributed by atoms with E-state index < -0.39 is 5.97 Å². The van der Waals surface area contributed by atoms with Crippen molar-refractivity contribution in [2.75, 3.05) is 0 Å². The number of benzene rings is 1. The fourth-order valence-corrected chi connectivity index (χ4v) is 6.00. The number of thiophene rings is 1. The fourth-order valence-electron chi connectivity index (χ4n) is 4.62. The van der Waals surface area contributed by atoms with Crippen LogP contribution in [0.4, 0.5) is 0 Å². The molecule has 0 saturated heterocycles. The molecule has 3 nitrogen and oxygen atoms in total. The second-order valence-electron chi connectivity index (χ2n) is 8.14. The molecule has 2 N–H and O–H groups in total. The van der Waals surface area contributed by atoms with Crippen molar-refractivity contribution in [3.63, 3.8) is 0 Å². The van der Waals surface area contributed by atoms with Crippen LogP contribution in [0.25, 0.3) is 0 Å². The van der Waals surface area contributed by atoms with Crippen LogP contribution in [0.2, 0.25) is 0 Å². The van der Waals surface area contributed by atoms with E-state index in [-0.39, 0.29) is 17.4 Å². The zero-order valence-corrected chi connectivity index (χ0v) is 18.1. The molecule has 1 aliphatic rings. The van der Waals surface area contributed by atoms with E-state index in [9.17, 15) is 9.90 Å². The number of carboxylic acid groups (broad SMARTS) is 1. The van der Waals surface area contributed by atoms with Gasteiger partial charge in [0.05, 0.1) is 6.10 Å². The number of halogens is 1. The molecule has 0 aliphatic heterocycles. The summed E-state index contributed by atoms with van der Waals surface area (Å²) in [5.74, 6) is -0.301. The van der Waals surface area contributed by atoms with Crippen molar-refractivity contribution in [2.45, 2.75) is 63.9 Å². The summed E-state index contributed by atoms with van der Waals surface area (Å²) in [6.45, 7) is 4.25. The smallest absolute Gasteiger partial charge is 0.345 e. The Balaban J connectivity index is 1.56. The Labute approximate surface area is 176 Å². The van der Waals surface area contributed by atoms with E-state index in [4.69, 9.17) is 16.7 Å². The highest BCUT2D eigenvalue weighted by Crippen LogP contribution is 2.41. The number of carbonyl (C=O) groups is 1. The molecule has 1 fully saturated rings. The van der Waals surface area contributed by atoms with E-state index in [0.717, 1.165) is 37.0 Å². The molecule has 0 bridgehead atoms. The Morgan fingerprint density at radius 2 is 1.82 bits per heavy atom. The van der Waals surface area contributed by atoms with Crippen LogP contribution in [-0.4, -0.2) is 27.7 Å². The van der Waals surface area contributed by atoms with E-state index in [2.05, 4.69) is 32.0 Å². The van der Waals surface area contributed by atoms with Gasteiger partial charge in [0, 0.05) is 10.3 Å². The van der Waals surface area contributed by atoms with Crippen LogP contribution in [0.5, 0.6) is 0 Å². The summed E-state index contributed by atoms with van der Waals surface area (Å²) in [6.07, 6.45) is 5.10. The first-order valence-corrected chi connectivity index (χ1v) is 11.3. The van der Waals surface area contributed by atoms with Gasteiger partial charge in [-0.15, -0.1) is 22.9 Å². The summed E-state index contributed by atoms with van der Waals surface area (Å²) in [5.41, 5.74) is 3.90. The number of hydrogen-bond acceptors (Lipinski definition) is 3. The second-order valence-corrected chi connectivity index (χ2v) is 9.87. The predicted octanol–water partition coefficient (Wildman–Crippen LogP) is 5.62. The molecule has 0 spiro atoms. The molecular weight excluding hydrogens is 392 g/mol. The molecule has 2 aromatic rings. The molecule has 5 heteroatoms. The Morgan fingerprint density at radius 3 is 2.46 bits per heavy atom. The van der Waals surface area contributed by atoms with Gasteiger partial charge in [-0.25, -0.2) is 4.79 Å². The lowest BCUT2D eigenvalue weighted by Gasteiger charge is -2.23. The SMILES string of the molecule is Cc1cc(C)cc(CC[C@@H]2[C@@H](CCCc3ccc(C(=O)O)s3)[C@@H](Cl)C[C@H]2O)c1. The summed E-state index contributed by atoms with van der Waals surface area (Å²) in [7, 11) is 0. The third-order valence-electron chi connectivity index (χ3n) is 5.86. The highest BCUT2D eigenvalue weighted by Gasteiger charge is 2.40. The maximum absolute atomic E-state index is 11.0. The van der Waals surface area contributed by atoms with Crippen LogP contribution in [0.3, 0.4) is 0 Å². The quantitative estimate of drug-likeness (QED) is 0.544. The van der Waals surface area contributed by atoms with Gasteiger partial charge in [-0.2, -0.15) is 0 Å². The number of aryl methyl sites for hydroxylation is 4. The van der Waals surface area contributed by atoms with Crippen LogP contribution in [-0.2, 0) is 12.8 Å². The van der Waals surface area contributed by atoms with Gasteiger partial charge in [0.15, 0.2) is 0 Å². The molecule has 28 heavy (non-hydrogen) atoms. The second kappa shape index (κ2) is 9.43. The first-order valence-electron chi connectivity index (χ1n) is 10.0. The Hall–Kier alpha value is -1.36. The average Bonchev–Trinajstić information content (AvgIpc) is 3.18. The molecule has 3 rings (SSSR count). The van der Waals surface area contributed by atoms with E-state index in [1.165, 1.54) is 28.0 Å². The van der Waals surface area contributed by atoms with E-state index in [1.807, 2.05) is 6.07 Å². The fraction of sp³-hybridized carbons (Fsp3) is 0.522. The van der Waals surface area contributed by atoms with Crippen molar-refractivity contribution in [1.29, 1.82) is 0 Å². The van der Waals surface area contributed by atoms with Crippen LogP contribution in [0.15, 0.2) is 30.3 Å². The van der Waals surface area contributed by atoms with Crippen LogP contribution in [0, 0.1) is 25.7 Å². The zero-order valence-electron chi connectivity index (χ0n) is 16.5. The molecule has 0 unspecified atom stereocenters. The molecule has 1 aromatic heterocycles. The summed E-state index contributed by atoms with van der Waals surface area (Å²) in [4.78, 5) is 12.5. The summed E-state index contributed by atoms with van der Waals surface area (Å²) >= 11 is 7.95. The Bertz CT molecular complexity index is 796. The molecule has 1 aromatic carbocycles. The maximum Gasteiger partial charge on any atom is 0.345 e. The van der Waals surface area contributed by atoms with Gasteiger partial charge in [-0.1, -0.05) is 29.3 Å². The molecule has 1 aliphatic carbocycles. The summed E-state index contributed by atoms with van der Waals surface area (Å²) in [6, 6.07) is 10.2. The molecular formula is C23H29ClO3S. The Morgan fingerprint density at radius 1 is 1.11 bits per heavy atom. The molecule has 4 atom stereocenters. The number of aliphatic hydroxyl groups is 1. The number of carboxylic acids is 1. The van der Waals surface area contributed by atoms with Gasteiger partial charge in [-0.3, -0.25) is 0 Å². The van der Waals surface area contributed by atoms with Crippen molar-refractivity contribution in [3.05, 3.63) is 56.8 Å². The van der Waals surface area contributed by atoms with Gasteiger partial charge in [-0.05, 0) is 81.9 Å². The van der Waals surface area contributed by atoms with Crippen molar-refractivity contribution < 1.29 is 15.0 Å². The van der Waals surface area contributed by atoms with Gasteiger partial charge >= 0.3 is 5.97 Å². The number of rotatable bonds is 8. The standard InChI is InChI=1S/C23H29ClO3S/c1-14-10-15(2)12-16(11-14)6-8-19-18(20(24)13-21(19)25)5-3-4-17-7-9-22(28-17)23(26)27/h7,9-12,18-21,25H,3-6,8,13H2,1-2H3,(H,26,27)/t18-,19-,20+,21-/m1/s1. The van der Waals surface area contributed by atoms with Crippen molar-refractivity contribution in [2.24, 2.45) is 11.8 Å². The number of aliphatic hydroxyl groups excluding tert-OH is 1. The molecule has 1 saturated carbocycles. The minimum absolute atomic E-state index is 0.0251. The molecule has 1 heterocycles. The topological polar surface area (TPSA) is 57.5 Å². The highest BCUT2D eigenvalue weighted by atomic mass is 35.5. The predicted molar refractivity (Wildman–Crippen MR) is 116 cm³/mol. The van der Waals surface area contributed by atoms with E-state index >= 15 is 0 Å². The van der Waals surface area contributed by atoms with Crippen molar-refractivity contribution in [3.8, 4) is 0 Å². The van der Waals surface area contributed by atoms with Crippen molar-refractivity contribution in [1.82, 2.24) is 0 Å². The molecule has 0 radical (unpaired) electrons. The van der Waals surface area contributed by atoms with Gasteiger partial charge in [0.1, 0.15) is 4.88 Å². The minimum atomic E-state index is -0.859. The first kappa shape index (κ1) is 21.4. The van der Waals surface area contributed by atoms with Gasteiger partial charge in [0.25, 0.3) is 0 Å². The lowest BCUT2D eigenvalue weighted by Crippen LogP contribution is -2.21. The summed E-state index contributed by atoms with van der Waals surface area (Å²) < 4.78 is 0. The third kappa shape index (κ3) is 5.37. The average molecular weight is 421 g/mol. The van der Waals surface area contributed by atoms with Crippen LogP contribution >= 0.6 is 22.9 Å². The zero-order chi connectivity index (χ0) is 20.3. The highest BCUT2D eigenvalue weighted by molar-refractivity contribution is 7.13. The normalized spacial score (nSPS) is 24.6. The number of alkyl halides is 1. The minimum Gasteiger partial charge on any atom is -0.477 e. The van der Waals surface area contributed by atoms with Crippen molar-refractivity contribution >= 4 is 28.9 Å². The van der Waals surface area contributed by atoms with E-state index in [1.54, 1.807) is 6.07 Å². The first-order chi connectivity index (χ1) is 13.3. The lowest BCUT2D eigenvalue weighted by molar-refractivity contribution is 0.0702. The Kier molecular flexibility index (Phi) is 7.19. The lowest BCUT2D eigenvalue weighted by atomic mass is 9.85. The number of hydrogen-bond donors (Lipinski definition) is 2. The van der Waals surface area contributed by atoms with Gasteiger partial charge < -0.3 is 10.2 Å².